The van der Waals surface area contributed by atoms with Crippen LogP contribution in [-0.4, -0.2) is 5.11 Å². The summed E-state index contributed by atoms with van der Waals surface area (Å²) >= 11 is 0. The lowest BCUT2D eigenvalue weighted by atomic mass is 9.84. The molecule has 0 saturated carbocycles. The highest BCUT2D eigenvalue weighted by molar-refractivity contribution is 5.80. The Labute approximate surface area is 119 Å². The second-order valence-electron chi connectivity index (χ2n) is 6.00. The second kappa shape index (κ2) is 3.92. The first-order chi connectivity index (χ1) is 9.29. The van der Waals surface area contributed by atoms with Gasteiger partial charge in [0.2, 0.25) is 0 Å². The summed E-state index contributed by atoms with van der Waals surface area (Å²) in [6, 6.07) is 7.76. The van der Waals surface area contributed by atoms with Crippen LogP contribution < -0.4 is 10.5 Å². The fraction of sp³-hybridized carbons (Fsp3) is 0.294. The van der Waals surface area contributed by atoms with Gasteiger partial charge in [0.05, 0.1) is 0 Å². The molecule has 0 radical (unpaired) electrons. The number of hydrogen-bond acceptors (Lipinski definition) is 3. The topological polar surface area (TPSA) is 55.5 Å². The van der Waals surface area contributed by atoms with E-state index in [0.29, 0.717) is 5.75 Å². The van der Waals surface area contributed by atoms with E-state index in [9.17, 15) is 5.11 Å². The molecule has 0 aliphatic carbocycles. The van der Waals surface area contributed by atoms with Crippen LogP contribution in [0.25, 0.3) is 11.1 Å². The van der Waals surface area contributed by atoms with Gasteiger partial charge in [-0.25, -0.2) is 0 Å². The Morgan fingerprint density at radius 1 is 1.00 bits per heavy atom. The lowest BCUT2D eigenvalue weighted by Gasteiger charge is -2.35. The van der Waals surface area contributed by atoms with Crippen molar-refractivity contribution in [3.8, 4) is 22.6 Å². The molecular weight excluding hydrogens is 250 g/mol. The molecule has 2 aromatic rings. The number of nitrogen functional groups attached to an aromatic ring is 1. The molecule has 0 unspecified atom stereocenters. The number of aryl methyl sites for hydroxylation is 2. The molecular formula is C17H19NO2. The third kappa shape index (κ3) is 1.73. The molecule has 3 heteroatoms. The quantitative estimate of drug-likeness (QED) is 0.713. The van der Waals surface area contributed by atoms with Crippen molar-refractivity contribution in [2.24, 2.45) is 0 Å². The van der Waals surface area contributed by atoms with E-state index in [-0.39, 0.29) is 0 Å². The third-order valence-corrected chi connectivity index (χ3v) is 4.01. The number of ether oxygens (including phenoxy) is 1. The molecule has 20 heavy (non-hydrogen) atoms. The van der Waals surface area contributed by atoms with Gasteiger partial charge >= 0.3 is 0 Å². The number of aromatic hydroxyl groups is 1. The molecule has 3 rings (SSSR count). The van der Waals surface area contributed by atoms with E-state index in [1.54, 1.807) is 6.07 Å². The van der Waals surface area contributed by atoms with E-state index in [1.165, 1.54) is 0 Å². The standard InChI is InChI=1S/C17H19NO2/c1-9-5-12-11-6-10(2)15(19)7-13(11)17(3,4)20-16(12)8-14(9)18/h5-8,19H,18H2,1-4H3. The van der Waals surface area contributed by atoms with Gasteiger partial charge in [-0.15, -0.1) is 0 Å². The van der Waals surface area contributed by atoms with Gasteiger partial charge in [0, 0.05) is 22.9 Å². The van der Waals surface area contributed by atoms with E-state index in [1.807, 2.05) is 39.8 Å². The van der Waals surface area contributed by atoms with E-state index < -0.39 is 5.60 Å². The van der Waals surface area contributed by atoms with Gasteiger partial charge in [0.15, 0.2) is 0 Å². The molecule has 3 nitrogen and oxygen atoms in total. The smallest absolute Gasteiger partial charge is 0.130 e. The van der Waals surface area contributed by atoms with Crippen LogP contribution >= 0.6 is 0 Å². The molecule has 3 N–H and O–H groups in total. The van der Waals surface area contributed by atoms with E-state index >= 15 is 0 Å². The minimum Gasteiger partial charge on any atom is -0.508 e. The maximum atomic E-state index is 9.98. The summed E-state index contributed by atoms with van der Waals surface area (Å²) < 4.78 is 6.09. The Balaban J connectivity index is 2.36. The van der Waals surface area contributed by atoms with Crippen molar-refractivity contribution in [3.05, 3.63) is 41.0 Å². The fourth-order valence-electron chi connectivity index (χ4n) is 2.75. The Hall–Kier alpha value is -2.16. The predicted molar refractivity (Wildman–Crippen MR) is 81.1 cm³/mol. The molecule has 1 aliphatic rings. The molecule has 2 aromatic carbocycles. The Bertz CT molecular complexity index is 717. The molecule has 0 atom stereocenters. The van der Waals surface area contributed by atoms with Gasteiger partial charge in [-0.1, -0.05) is 0 Å². The minimum atomic E-state index is -0.491. The van der Waals surface area contributed by atoms with Crippen molar-refractivity contribution < 1.29 is 9.84 Å². The van der Waals surface area contributed by atoms with Crippen molar-refractivity contribution >= 4 is 5.69 Å². The first-order valence-electron chi connectivity index (χ1n) is 6.73. The van der Waals surface area contributed by atoms with Gasteiger partial charge in [0.1, 0.15) is 17.1 Å². The van der Waals surface area contributed by atoms with Crippen molar-refractivity contribution in [2.75, 3.05) is 5.73 Å². The zero-order valence-electron chi connectivity index (χ0n) is 12.2. The molecule has 0 aromatic heterocycles. The van der Waals surface area contributed by atoms with E-state index in [4.69, 9.17) is 10.5 Å². The van der Waals surface area contributed by atoms with Crippen LogP contribution in [0.2, 0.25) is 0 Å². The lowest BCUT2D eigenvalue weighted by Crippen LogP contribution is -2.29. The number of fused-ring (bicyclic) bond motifs is 3. The number of phenols is 1. The Kier molecular flexibility index (Phi) is 2.52. The second-order valence-corrected chi connectivity index (χ2v) is 6.00. The SMILES string of the molecule is Cc1cc2c(cc1N)OC(C)(C)c1cc(O)c(C)cc1-2. The highest BCUT2D eigenvalue weighted by Gasteiger charge is 2.33. The average Bonchev–Trinajstić information content (AvgIpc) is 2.34. The zero-order valence-corrected chi connectivity index (χ0v) is 12.2. The average molecular weight is 269 g/mol. The van der Waals surface area contributed by atoms with Crippen LogP contribution in [-0.2, 0) is 5.60 Å². The van der Waals surface area contributed by atoms with E-state index in [2.05, 4.69) is 6.07 Å². The Morgan fingerprint density at radius 2 is 1.65 bits per heavy atom. The molecule has 0 fully saturated rings. The van der Waals surface area contributed by atoms with Crippen LogP contribution in [0.1, 0.15) is 30.5 Å². The van der Waals surface area contributed by atoms with Crippen LogP contribution in [0, 0.1) is 13.8 Å². The summed E-state index contributed by atoms with van der Waals surface area (Å²) in [5, 5.41) is 9.98. The molecule has 1 aliphatic heterocycles. The number of phenolic OH excluding ortho intramolecular Hbond substituents is 1. The zero-order chi connectivity index (χ0) is 14.7. The van der Waals surface area contributed by atoms with Crippen molar-refractivity contribution in [1.82, 2.24) is 0 Å². The number of benzene rings is 2. The normalized spacial score (nSPS) is 15.2. The third-order valence-electron chi connectivity index (χ3n) is 4.01. The number of anilines is 1. The summed E-state index contributed by atoms with van der Waals surface area (Å²) in [7, 11) is 0. The Morgan fingerprint density at radius 3 is 2.35 bits per heavy atom. The maximum Gasteiger partial charge on any atom is 0.130 e. The summed E-state index contributed by atoms with van der Waals surface area (Å²) in [5.41, 5.74) is 11.3. The number of rotatable bonds is 0. The van der Waals surface area contributed by atoms with Gasteiger partial charge in [-0.05, 0) is 62.6 Å². The summed E-state index contributed by atoms with van der Waals surface area (Å²) in [4.78, 5) is 0. The van der Waals surface area contributed by atoms with Crippen molar-refractivity contribution in [3.63, 3.8) is 0 Å². The highest BCUT2D eigenvalue weighted by atomic mass is 16.5. The highest BCUT2D eigenvalue weighted by Crippen LogP contribution is 2.48. The van der Waals surface area contributed by atoms with Gasteiger partial charge in [0.25, 0.3) is 0 Å². The summed E-state index contributed by atoms with van der Waals surface area (Å²) in [6.07, 6.45) is 0. The molecule has 0 amide bonds. The van der Waals surface area contributed by atoms with Crippen molar-refractivity contribution in [2.45, 2.75) is 33.3 Å². The number of nitrogens with two attached hydrogens (primary N) is 1. The number of hydrogen-bond donors (Lipinski definition) is 2. The first kappa shape index (κ1) is 12.9. The summed E-state index contributed by atoms with van der Waals surface area (Å²) in [6.45, 7) is 7.89. The van der Waals surface area contributed by atoms with Crippen LogP contribution in [0.15, 0.2) is 24.3 Å². The molecule has 0 saturated heterocycles. The van der Waals surface area contributed by atoms with Crippen LogP contribution in [0.3, 0.4) is 0 Å². The van der Waals surface area contributed by atoms with Gasteiger partial charge in [-0.3, -0.25) is 0 Å². The lowest BCUT2D eigenvalue weighted by molar-refractivity contribution is 0.105. The summed E-state index contributed by atoms with van der Waals surface area (Å²) in [5.74, 6) is 1.10. The largest absolute Gasteiger partial charge is 0.508 e. The van der Waals surface area contributed by atoms with Crippen LogP contribution in [0.4, 0.5) is 5.69 Å². The monoisotopic (exact) mass is 269 g/mol. The molecule has 104 valence electrons. The predicted octanol–water partition coefficient (Wildman–Crippen LogP) is 3.89. The van der Waals surface area contributed by atoms with Gasteiger partial charge < -0.3 is 15.6 Å². The van der Waals surface area contributed by atoms with Gasteiger partial charge in [-0.2, -0.15) is 0 Å². The minimum absolute atomic E-state index is 0.302. The molecule has 1 heterocycles. The maximum absolute atomic E-state index is 9.98. The van der Waals surface area contributed by atoms with Crippen LogP contribution in [0.5, 0.6) is 11.5 Å². The fourth-order valence-corrected chi connectivity index (χ4v) is 2.75. The van der Waals surface area contributed by atoms with E-state index in [0.717, 1.165) is 39.3 Å². The van der Waals surface area contributed by atoms with Crippen molar-refractivity contribution in [1.29, 1.82) is 0 Å². The first-order valence-corrected chi connectivity index (χ1v) is 6.73. The molecule has 0 bridgehead atoms. The molecule has 0 spiro atoms.